The molecular formula is C14H15ClO. The number of aldehydes is 1. The van der Waals surface area contributed by atoms with E-state index in [0.717, 1.165) is 41.7 Å². The third-order valence-electron chi connectivity index (χ3n) is 3.18. The van der Waals surface area contributed by atoms with Gasteiger partial charge in [-0.25, -0.2) is 0 Å². The van der Waals surface area contributed by atoms with Gasteiger partial charge >= 0.3 is 0 Å². The molecule has 2 heteroatoms. The van der Waals surface area contributed by atoms with E-state index in [1.54, 1.807) is 0 Å². The van der Waals surface area contributed by atoms with Crippen molar-refractivity contribution in [1.82, 2.24) is 0 Å². The van der Waals surface area contributed by atoms with Gasteiger partial charge in [-0.05, 0) is 54.0 Å². The first-order chi connectivity index (χ1) is 7.70. The van der Waals surface area contributed by atoms with Crippen LogP contribution in [-0.4, -0.2) is 6.29 Å². The van der Waals surface area contributed by atoms with Gasteiger partial charge in [-0.15, -0.1) is 0 Å². The number of carbonyl (C=O) groups excluding carboxylic acids is 1. The largest absolute Gasteiger partial charge is 0.298 e. The smallest absolute Gasteiger partial charge is 0.146 e. The summed E-state index contributed by atoms with van der Waals surface area (Å²) in [6.07, 6.45) is 4.03. The first-order valence-electron chi connectivity index (χ1n) is 5.64. The maximum Gasteiger partial charge on any atom is 0.146 e. The van der Waals surface area contributed by atoms with Gasteiger partial charge in [0, 0.05) is 5.02 Å². The van der Waals surface area contributed by atoms with Crippen LogP contribution in [0.15, 0.2) is 29.8 Å². The standard InChI is InChI=1S/C14H15ClO/c1-10-2-3-12(9-16)14(8-10)11-4-6-13(15)7-5-11/h4-7,9-10H,2-3,8H2,1H3. The maximum absolute atomic E-state index is 11.0. The van der Waals surface area contributed by atoms with Gasteiger partial charge in [0.2, 0.25) is 0 Å². The minimum atomic E-state index is 0.661. The first-order valence-corrected chi connectivity index (χ1v) is 6.01. The minimum Gasteiger partial charge on any atom is -0.298 e. The van der Waals surface area contributed by atoms with E-state index >= 15 is 0 Å². The van der Waals surface area contributed by atoms with E-state index in [2.05, 4.69) is 6.92 Å². The fourth-order valence-corrected chi connectivity index (χ4v) is 2.34. The zero-order valence-corrected chi connectivity index (χ0v) is 10.1. The molecule has 0 spiro atoms. The second kappa shape index (κ2) is 4.84. The molecule has 2 rings (SSSR count). The Morgan fingerprint density at radius 1 is 1.31 bits per heavy atom. The molecule has 1 unspecified atom stereocenters. The zero-order valence-electron chi connectivity index (χ0n) is 9.37. The van der Waals surface area contributed by atoms with Crippen LogP contribution in [0.2, 0.25) is 5.02 Å². The Morgan fingerprint density at radius 3 is 2.62 bits per heavy atom. The molecule has 0 aliphatic heterocycles. The van der Waals surface area contributed by atoms with Crippen LogP contribution in [-0.2, 0) is 4.79 Å². The number of rotatable bonds is 2. The van der Waals surface area contributed by atoms with E-state index in [1.165, 1.54) is 5.57 Å². The van der Waals surface area contributed by atoms with Crippen LogP contribution < -0.4 is 0 Å². The van der Waals surface area contributed by atoms with E-state index in [0.29, 0.717) is 5.92 Å². The Hall–Kier alpha value is -1.08. The highest BCUT2D eigenvalue weighted by Crippen LogP contribution is 2.34. The lowest BCUT2D eigenvalue weighted by molar-refractivity contribution is -0.105. The lowest BCUT2D eigenvalue weighted by Gasteiger charge is -2.22. The Morgan fingerprint density at radius 2 is 2.00 bits per heavy atom. The lowest BCUT2D eigenvalue weighted by Crippen LogP contribution is -2.08. The highest BCUT2D eigenvalue weighted by Gasteiger charge is 2.18. The van der Waals surface area contributed by atoms with Crippen molar-refractivity contribution < 1.29 is 4.79 Å². The second-order valence-corrected chi connectivity index (χ2v) is 4.91. The maximum atomic E-state index is 11.0. The number of halogens is 1. The van der Waals surface area contributed by atoms with E-state index in [9.17, 15) is 4.79 Å². The molecule has 0 saturated heterocycles. The van der Waals surface area contributed by atoms with Gasteiger partial charge < -0.3 is 0 Å². The average Bonchev–Trinajstić information content (AvgIpc) is 2.30. The molecular weight excluding hydrogens is 220 g/mol. The molecule has 0 bridgehead atoms. The van der Waals surface area contributed by atoms with Gasteiger partial charge in [-0.2, -0.15) is 0 Å². The third kappa shape index (κ3) is 2.35. The molecule has 16 heavy (non-hydrogen) atoms. The fourth-order valence-electron chi connectivity index (χ4n) is 2.22. The van der Waals surface area contributed by atoms with Crippen molar-refractivity contribution >= 4 is 23.5 Å². The van der Waals surface area contributed by atoms with E-state index in [1.807, 2.05) is 24.3 Å². The number of hydrogen-bond acceptors (Lipinski definition) is 1. The second-order valence-electron chi connectivity index (χ2n) is 4.48. The molecule has 1 aliphatic rings. The summed E-state index contributed by atoms with van der Waals surface area (Å²) in [5.41, 5.74) is 3.30. The molecule has 0 fully saturated rings. The molecule has 0 heterocycles. The first kappa shape index (κ1) is 11.4. The van der Waals surface area contributed by atoms with Gasteiger partial charge in [-0.3, -0.25) is 4.79 Å². The fraction of sp³-hybridized carbons (Fsp3) is 0.357. The molecule has 1 aromatic carbocycles. The number of hydrogen-bond donors (Lipinski definition) is 0. The minimum absolute atomic E-state index is 0.661. The summed E-state index contributed by atoms with van der Waals surface area (Å²) >= 11 is 5.86. The molecule has 1 atom stereocenters. The summed E-state index contributed by atoms with van der Waals surface area (Å²) in [4.78, 5) is 11.0. The Labute approximate surface area is 101 Å². The van der Waals surface area contributed by atoms with Gasteiger partial charge in [0.15, 0.2) is 0 Å². The predicted octanol–water partition coefficient (Wildman–Crippen LogP) is 4.11. The summed E-state index contributed by atoms with van der Waals surface area (Å²) < 4.78 is 0. The van der Waals surface area contributed by atoms with Crippen LogP contribution >= 0.6 is 11.6 Å². The number of benzene rings is 1. The molecule has 0 amide bonds. The van der Waals surface area contributed by atoms with Crippen LogP contribution in [0.3, 0.4) is 0 Å². The number of carbonyl (C=O) groups is 1. The van der Waals surface area contributed by atoms with Crippen molar-refractivity contribution in [3.63, 3.8) is 0 Å². The molecule has 0 N–H and O–H groups in total. The van der Waals surface area contributed by atoms with Gasteiger partial charge in [0.25, 0.3) is 0 Å². The van der Waals surface area contributed by atoms with Crippen molar-refractivity contribution in [1.29, 1.82) is 0 Å². The summed E-state index contributed by atoms with van der Waals surface area (Å²) in [6, 6.07) is 7.76. The van der Waals surface area contributed by atoms with Crippen molar-refractivity contribution in [2.75, 3.05) is 0 Å². The van der Waals surface area contributed by atoms with Crippen LogP contribution in [0.5, 0.6) is 0 Å². The van der Waals surface area contributed by atoms with Crippen LogP contribution in [0, 0.1) is 5.92 Å². The summed E-state index contributed by atoms with van der Waals surface area (Å²) in [5.74, 6) is 0.661. The number of allylic oxidation sites excluding steroid dienone is 2. The van der Waals surface area contributed by atoms with Crippen molar-refractivity contribution in [3.8, 4) is 0 Å². The normalized spacial score (nSPS) is 21.0. The van der Waals surface area contributed by atoms with Crippen molar-refractivity contribution in [3.05, 3.63) is 40.4 Å². The summed E-state index contributed by atoms with van der Waals surface area (Å²) in [7, 11) is 0. The predicted molar refractivity (Wildman–Crippen MR) is 67.5 cm³/mol. The highest BCUT2D eigenvalue weighted by molar-refractivity contribution is 6.30. The molecule has 1 aliphatic carbocycles. The molecule has 0 radical (unpaired) electrons. The van der Waals surface area contributed by atoms with Crippen LogP contribution in [0.1, 0.15) is 31.7 Å². The molecule has 0 aromatic heterocycles. The van der Waals surface area contributed by atoms with Crippen LogP contribution in [0.25, 0.3) is 5.57 Å². The van der Waals surface area contributed by atoms with Crippen molar-refractivity contribution in [2.45, 2.75) is 26.2 Å². The highest BCUT2D eigenvalue weighted by atomic mass is 35.5. The van der Waals surface area contributed by atoms with E-state index in [4.69, 9.17) is 11.6 Å². The van der Waals surface area contributed by atoms with E-state index < -0.39 is 0 Å². The Balaban J connectivity index is 2.39. The molecule has 1 nitrogen and oxygen atoms in total. The van der Waals surface area contributed by atoms with Gasteiger partial charge in [0.1, 0.15) is 6.29 Å². The van der Waals surface area contributed by atoms with Gasteiger partial charge in [-0.1, -0.05) is 30.7 Å². The summed E-state index contributed by atoms with van der Waals surface area (Å²) in [6.45, 7) is 2.23. The Bertz CT molecular complexity index is 417. The Kier molecular flexibility index (Phi) is 3.45. The van der Waals surface area contributed by atoms with Crippen molar-refractivity contribution in [2.24, 2.45) is 5.92 Å². The van der Waals surface area contributed by atoms with Gasteiger partial charge in [0.05, 0.1) is 0 Å². The van der Waals surface area contributed by atoms with E-state index in [-0.39, 0.29) is 0 Å². The quantitative estimate of drug-likeness (QED) is 0.704. The SMILES string of the molecule is CC1CCC(C=O)=C(c2ccc(Cl)cc2)C1. The monoisotopic (exact) mass is 234 g/mol. The molecule has 84 valence electrons. The van der Waals surface area contributed by atoms with Crippen LogP contribution in [0.4, 0.5) is 0 Å². The molecule has 1 aromatic rings. The lowest BCUT2D eigenvalue weighted by atomic mass is 9.82. The zero-order chi connectivity index (χ0) is 11.5. The third-order valence-corrected chi connectivity index (χ3v) is 3.43. The summed E-state index contributed by atoms with van der Waals surface area (Å²) in [5, 5.41) is 0.737. The average molecular weight is 235 g/mol. The molecule has 0 saturated carbocycles. The topological polar surface area (TPSA) is 17.1 Å².